The van der Waals surface area contributed by atoms with Gasteiger partial charge in [0.15, 0.2) is 5.78 Å². The number of rotatable bonds is 7. The summed E-state index contributed by atoms with van der Waals surface area (Å²) < 4.78 is 5.28. The van der Waals surface area contributed by atoms with Crippen molar-refractivity contribution in [3.8, 4) is 5.75 Å². The average molecular weight is 315 g/mol. The highest BCUT2D eigenvalue weighted by atomic mass is 16.5. The monoisotopic (exact) mass is 315 g/mol. The number of benzene rings is 1. The molecule has 0 saturated heterocycles. The van der Waals surface area contributed by atoms with Crippen LogP contribution in [-0.2, 0) is 11.2 Å². The van der Waals surface area contributed by atoms with E-state index in [2.05, 4.69) is 11.4 Å². The highest BCUT2D eigenvalue weighted by molar-refractivity contribution is 5.94. The minimum Gasteiger partial charge on any atom is -0.496 e. The van der Waals surface area contributed by atoms with E-state index >= 15 is 0 Å². The van der Waals surface area contributed by atoms with Gasteiger partial charge in [0.05, 0.1) is 13.5 Å². The molecule has 0 spiro atoms. The van der Waals surface area contributed by atoms with Crippen LogP contribution in [0.1, 0.15) is 54.9 Å². The Bertz CT molecular complexity index is 605. The number of hydrogen-bond donors (Lipinski definition) is 1. The summed E-state index contributed by atoms with van der Waals surface area (Å²) in [5.41, 5.74) is 2.79. The molecule has 0 aromatic heterocycles. The lowest BCUT2D eigenvalue weighted by Crippen LogP contribution is -2.26. The van der Waals surface area contributed by atoms with Crippen molar-refractivity contribution in [1.29, 1.82) is 0 Å². The van der Waals surface area contributed by atoms with Crippen molar-refractivity contribution in [2.24, 2.45) is 0 Å². The Kier molecular flexibility index (Phi) is 6.39. The fraction of sp³-hybridized carbons (Fsp3) is 0.474. The Hall–Kier alpha value is -2.10. The first-order valence-electron chi connectivity index (χ1n) is 8.22. The summed E-state index contributed by atoms with van der Waals surface area (Å²) in [5.74, 6) is 0.582. The maximum absolute atomic E-state index is 12.1. The standard InChI is InChI=1S/C19H25NO3/c1-14(21)16-8-9-18(23-2)17(12-16)13-19(22)20-11-10-15-6-4-3-5-7-15/h6,8-9,12H,3-5,7,10-11,13H2,1-2H3,(H,20,22). The van der Waals surface area contributed by atoms with Crippen LogP contribution in [0.5, 0.6) is 5.75 Å². The Morgan fingerprint density at radius 1 is 1.26 bits per heavy atom. The van der Waals surface area contributed by atoms with Crippen molar-refractivity contribution in [3.63, 3.8) is 0 Å². The molecular weight excluding hydrogens is 290 g/mol. The zero-order valence-corrected chi connectivity index (χ0v) is 14.0. The lowest BCUT2D eigenvalue weighted by molar-refractivity contribution is -0.120. The van der Waals surface area contributed by atoms with E-state index in [4.69, 9.17) is 4.74 Å². The van der Waals surface area contributed by atoms with E-state index in [1.165, 1.54) is 25.3 Å². The molecule has 4 nitrogen and oxygen atoms in total. The van der Waals surface area contributed by atoms with E-state index in [9.17, 15) is 9.59 Å². The molecule has 1 aliphatic rings. The summed E-state index contributed by atoms with van der Waals surface area (Å²) in [5, 5.41) is 2.96. The molecule has 0 radical (unpaired) electrons. The summed E-state index contributed by atoms with van der Waals surface area (Å²) in [6.07, 6.45) is 8.31. The number of Topliss-reactive ketones (excluding diaryl/α,β-unsaturated/α-hetero) is 1. The minimum atomic E-state index is -0.0413. The van der Waals surface area contributed by atoms with E-state index in [0.717, 1.165) is 24.8 Å². The first-order valence-corrected chi connectivity index (χ1v) is 8.22. The Balaban J connectivity index is 1.90. The van der Waals surface area contributed by atoms with Crippen LogP contribution in [0.2, 0.25) is 0 Å². The van der Waals surface area contributed by atoms with Crippen molar-refractivity contribution < 1.29 is 14.3 Å². The molecule has 124 valence electrons. The zero-order chi connectivity index (χ0) is 16.7. The average Bonchev–Trinajstić information content (AvgIpc) is 2.55. The van der Waals surface area contributed by atoms with Crippen molar-refractivity contribution in [1.82, 2.24) is 5.32 Å². The van der Waals surface area contributed by atoms with Crippen molar-refractivity contribution in [2.45, 2.75) is 45.4 Å². The molecule has 1 aliphatic carbocycles. The number of amides is 1. The first-order chi connectivity index (χ1) is 11.1. The van der Waals surface area contributed by atoms with Gasteiger partial charge in [-0.1, -0.05) is 11.6 Å². The van der Waals surface area contributed by atoms with Crippen LogP contribution in [0.15, 0.2) is 29.8 Å². The van der Waals surface area contributed by atoms with Gasteiger partial charge >= 0.3 is 0 Å². The second-order valence-corrected chi connectivity index (χ2v) is 5.97. The van der Waals surface area contributed by atoms with Crippen LogP contribution >= 0.6 is 0 Å². The van der Waals surface area contributed by atoms with E-state index in [-0.39, 0.29) is 18.1 Å². The summed E-state index contributed by atoms with van der Waals surface area (Å²) in [4.78, 5) is 23.6. The minimum absolute atomic E-state index is 0.0152. The normalized spacial score (nSPS) is 14.1. The summed E-state index contributed by atoms with van der Waals surface area (Å²) in [7, 11) is 1.57. The van der Waals surface area contributed by atoms with Gasteiger partial charge in [0.25, 0.3) is 0 Å². The zero-order valence-electron chi connectivity index (χ0n) is 14.0. The molecule has 2 rings (SSSR count). The highest BCUT2D eigenvalue weighted by Crippen LogP contribution is 2.21. The van der Waals surface area contributed by atoms with Crippen molar-refractivity contribution in [2.75, 3.05) is 13.7 Å². The molecule has 0 unspecified atom stereocenters. The van der Waals surface area contributed by atoms with Gasteiger partial charge in [-0.3, -0.25) is 9.59 Å². The third-order valence-corrected chi connectivity index (χ3v) is 4.19. The number of ketones is 1. The van der Waals surface area contributed by atoms with Gasteiger partial charge in [0.2, 0.25) is 5.91 Å². The van der Waals surface area contributed by atoms with Crippen molar-refractivity contribution in [3.05, 3.63) is 41.0 Å². The molecule has 0 atom stereocenters. The summed E-state index contributed by atoms with van der Waals surface area (Å²) >= 11 is 0. The highest BCUT2D eigenvalue weighted by Gasteiger charge is 2.11. The largest absolute Gasteiger partial charge is 0.496 e. The third kappa shape index (κ3) is 5.23. The molecule has 0 heterocycles. The fourth-order valence-corrected chi connectivity index (χ4v) is 2.87. The smallest absolute Gasteiger partial charge is 0.224 e. The molecular formula is C19H25NO3. The van der Waals surface area contributed by atoms with Gasteiger partial charge in [-0.25, -0.2) is 0 Å². The molecule has 0 bridgehead atoms. The van der Waals surface area contributed by atoms with Crippen molar-refractivity contribution >= 4 is 11.7 Å². The van der Waals surface area contributed by atoms with Gasteiger partial charge < -0.3 is 10.1 Å². The van der Waals surface area contributed by atoms with Crippen LogP contribution in [-0.4, -0.2) is 25.3 Å². The maximum atomic E-state index is 12.1. The predicted molar refractivity (Wildman–Crippen MR) is 90.9 cm³/mol. The Labute approximate surface area is 137 Å². The van der Waals surface area contributed by atoms with E-state index < -0.39 is 0 Å². The summed E-state index contributed by atoms with van der Waals surface area (Å²) in [6.45, 7) is 2.18. The molecule has 4 heteroatoms. The fourth-order valence-electron chi connectivity index (χ4n) is 2.87. The lowest BCUT2D eigenvalue weighted by atomic mass is 9.97. The first kappa shape index (κ1) is 17.3. The SMILES string of the molecule is COc1ccc(C(C)=O)cc1CC(=O)NCCC1=CCCCC1. The number of methoxy groups -OCH3 is 1. The summed E-state index contributed by atoms with van der Waals surface area (Å²) in [6, 6.07) is 5.20. The quantitative estimate of drug-likeness (QED) is 0.619. The number of hydrogen-bond acceptors (Lipinski definition) is 3. The lowest BCUT2D eigenvalue weighted by Gasteiger charge is -2.13. The Morgan fingerprint density at radius 2 is 2.09 bits per heavy atom. The van der Waals surface area contributed by atoms with E-state index in [1.807, 2.05) is 0 Å². The molecule has 1 amide bonds. The molecule has 0 aliphatic heterocycles. The Morgan fingerprint density at radius 3 is 2.74 bits per heavy atom. The maximum Gasteiger partial charge on any atom is 0.224 e. The van der Waals surface area contributed by atoms with Gasteiger partial charge in [0, 0.05) is 17.7 Å². The molecule has 23 heavy (non-hydrogen) atoms. The van der Waals surface area contributed by atoms with Gasteiger partial charge in [-0.15, -0.1) is 0 Å². The number of carbonyl (C=O) groups is 2. The van der Waals surface area contributed by atoms with Crippen LogP contribution in [0.4, 0.5) is 0 Å². The second-order valence-electron chi connectivity index (χ2n) is 5.97. The number of ether oxygens (including phenoxy) is 1. The number of allylic oxidation sites excluding steroid dienone is 1. The molecule has 0 fully saturated rings. The third-order valence-electron chi connectivity index (χ3n) is 4.19. The second kappa shape index (κ2) is 8.51. The molecule has 0 saturated carbocycles. The van der Waals surface area contributed by atoms with E-state index in [1.54, 1.807) is 25.3 Å². The van der Waals surface area contributed by atoms with Gasteiger partial charge in [-0.05, 0) is 57.2 Å². The van der Waals surface area contributed by atoms with E-state index in [0.29, 0.717) is 17.9 Å². The van der Waals surface area contributed by atoms with Crippen LogP contribution in [0.3, 0.4) is 0 Å². The van der Waals surface area contributed by atoms with Crippen LogP contribution < -0.4 is 10.1 Å². The number of nitrogens with one attached hydrogen (secondary N) is 1. The topological polar surface area (TPSA) is 55.4 Å². The molecule has 1 aromatic rings. The molecule has 1 N–H and O–H groups in total. The van der Waals surface area contributed by atoms with Crippen LogP contribution in [0, 0.1) is 0 Å². The van der Waals surface area contributed by atoms with Gasteiger partial charge in [-0.2, -0.15) is 0 Å². The van der Waals surface area contributed by atoms with Gasteiger partial charge in [0.1, 0.15) is 5.75 Å². The number of carbonyl (C=O) groups excluding carboxylic acids is 2. The van der Waals surface area contributed by atoms with Crippen LogP contribution in [0.25, 0.3) is 0 Å². The molecule has 1 aromatic carbocycles. The predicted octanol–water partition coefficient (Wildman–Crippen LogP) is 3.45.